The Morgan fingerprint density at radius 3 is 2.63 bits per heavy atom. The minimum Gasteiger partial charge on any atom is -0.493 e. The largest absolute Gasteiger partial charge is 0.493 e. The van der Waals surface area contributed by atoms with E-state index in [0.717, 1.165) is 21.2 Å². The van der Waals surface area contributed by atoms with Crippen LogP contribution in [-0.2, 0) is 9.53 Å². The van der Waals surface area contributed by atoms with E-state index in [1.807, 2.05) is 51.1 Å². The highest BCUT2D eigenvalue weighted by Gasteiger charge is 2.25. The lowest BCUT2D eigenvalue weighted by atomic mass is 10.1. The molecule has 0 bridgehead atoms. The van der Waals surface area contributed by atoms with Crippen LogP contribution in [0.1, 0.15) is 30.5 Å². The normalized spacial score (nSPS) is 15.1. The Bertz CT molecular complexity index is 947. The molecule has 3 rings (SSSR count). The van der Waals surface area contributed by atoms with Gasteiger partial charge in [0.05, 0.1) is 17.7 Å². The number of hydrogen-bond acceptors (Lipinski definition) is 5. The summed E-state index contributed by atoms with van der Waals surface area (Å²) in [6.45, 7) is 5.83. The number of halogens is 1. The average molecular weight is 430 g/mol. The second-order valence-corrected chi connectivity index (χ2v) is 7.21. The highest BCUT2D eigenvalue weighted by atomic mass is 79.9. The van der Waals surface area contributed by atoms with Gasteiger partial charge in [0, 0.05) is 5.56 Å². The van der Waals surface area contributed by atoms with Gasteiger partial charge in [0.1, 0.15) is 0 Å². The maximum absolute atomic E-state index is 12.3. The highest BCUT2D eigenvalue weighted by Crippen LogP contribution is 2.38. The summed E-state index contributed by atoms with van der Waals surface area (Å²) in [5.41, 5.74) is 2.77. The number of carbonyl (C=O) groups is 1. The fourth-order valence-electron chi connectivity index (χ4n) is 2.67. The van der Waals surface area contributed by atoms with Crippen LogP contribution >= 0.6 is 15.9 Å². The molecule has 5 nitrogen and oxygen atoms in total. The van der Waals surface area contributed by atoms with Crippen molar-refractivity contribution in [3.05, 3.63) is 63.3 Å². The van der Waals surface area contributed by atoms with Crippen LogP contribution in [0.2, 0.25) is 0 Å². The number of nitrogens with zero attached hydrogens (tertiary/aromatic N) is 1. The maximum Gasteiger partial charge on any atom is 0.363 e. The average Bonchev–Trinajstić information content (AvgIpc) is 2.97. The zero-order valence-corrected chi connectivity index (χ0v) is 17.2. The SMILES string of the molecule is COc1cc(/C=C2\N=C(c3ccccc3C)OC2=O)cc(Br)c1OC(C)C. The van der Waals surface area contributed by atoms with Crippen molar-refractivity contribution in [2.24, 2.45) is 4.99 Å². The number of methoxy groups -OCH3 is 1. The molecule has 1 aliphatic rings. The fourth-order valence-corrected chi connectivity index (χ4v) is 3.22. The van der Waals surface area contributed by atoms with Crippen LogP contribution in [0.25, 0.3) is 6.08 Å². The van der Waals surface area contributed by atoms with Crippen molar-refractivity contribution in [3.63, 3.8) is 0 Å². The molecule has 2 aromatic rings. The summed E-state index contributed by atoms with van der Waals surface area (Å²) in [5, 5.41) is 0. The molecule has 6 heteroatoms. The van der Waals surface area contributed by atoms with Crippen LogP contribution in [-0.4, -0.2) is 25.1 Å². The van der Waals surface area contributed by atoms with E-state index >= 15 is 0 Å². The first-order valence-corrected chi connectivity index (χ1v) is 9.31. The Kier molecular flexibility index (Phi) is 5.65. The van der Waals surface area contributed by atoms with E-state index in [1.165, 1.54) is 0 Å². The van der Waals surface area contributed by atoms with Gasteiger partial charge in [-0.05, 0) is 72.1 Å². The van der Waals surface area contributed by atoms with Gasteiger partial charge in [-0.1, -0.05) is 18.2 Å². The number of carbonyl (C=O) groups excluding carboxylic acids is 1. The number of aryl methyl sites for hydroxylation is 1. The molecule has 0 amide bonds. The minimum atomic E-state index is -0.481. The van der Waals surface area contributed by atoms with Gasteiger partial charge in [-0.3, -0.25) is 0 Å². The molecular weight excluding hydrogens is 410 g/mol. The van der Waals surface area contributed by atoms with Gasteiger partial charge < -0.3 is 14.2 Å². The summed E-state index contributed by atoms with van der Waals surface area (Å²) in [4.78, 5) is 16.6. The number of aliphatic imine (C=N–C) groups is 1. The van der Waals surface area contributed by atoms with Gasteiger partial charge in [0.15, 0.2) is 17.2 Å². The molecule has 0 saturated carbocycles. The molecule has 0 N–H and O–H groups in total. The number of rotatable bonds is 5. The first-order chi connectivity index (χ1) is 12.9. The Balaban J connectivity index is 1.98. The Morgan fingerprint density at radius 1 is 1.22 bits per heavy atom. The molecule has 0 spiro atoms. The Labute approximate surface area is 166 Å². The number of cyclic esters (lactones) is 1. The number of ether oxygens (including phenoxy) is 3. The van der Waals surface area contributed by atoms with Crippen LogP contribution in [0.15, 0.2) is 51.6 Å². The summed E-state index contributed by atoms with van der Waals surface area (Å²) >= 11 is 3.50. The van der Waals surface area contributed by atoms with E-state index in [2.05, 4.69) is 20.9 Å². The molecule has 140 valence electrons. The quantitative estimate of drug-likeness (QED) is 0.500. The first-order valence-electron chi connectivity index (χ1n) is 8.51. The third-order valence-corrected chi connectivity index (χ3v) is 4.49. The second kappa shape index (κ2) is 7.96. The van der Waals surface area contributed by atoms with Gasteiger partial charge >= 0.3 is 5.97 Å². The molecule has 0 aromatic heterocycles. The predicted molar refractivity (Wildman–Crippen MR) is 108 cm³/mol. The van der Waals surface area contributed by atoms with Crippen molar-refractivity contribution in [1.82, 2.24) is 0 Å². The van der Waals surface area contributed by atoms with Crippen LogP contribution in [0, 0.1) is 6.92 Å². The lowest BCUT2D eigenvalue weighted by Gasteiger charge is -2.15. The zero-order chi connectivity index (χ0) is 19.6. The summed E-state index contributed by atoms with van der Waals surface area (Å²) in [6.07, 6.45) is 1.67. The third kappa shape index (κ3) is 4.22. The Hall–Kier alpha value is -2.60. The molecule has 0 aliphatic carbocycles. The Morgan fingerprint density at radius 2 is 1.96 bits per heavy atom. The van der Waals surface area contributed by atoms with Crippen molar-refractivity contribution in [3.8, 4) is 11.5 Å². The predicted octanol–water partition coefficient (Wildman–Crippen LogP) is 4.90. The molecule has 0 fully saturated rings. The van der Waals surface area contributed by atoms with Gasteiger partial charge in [0.2, 0.25) is 5.90 Å². The summed E-state index contributed by atoms with van der Waals surface area (Å²) < 4.78 is 17.3. The van der Waals surface area contributed by atoms with E-state index in [0.29, 0.717) is 17.4 Å². The van der Waals surface area contributed by atoms with Crippen molar-refractivity contribution in [2.45, 2.75) is 26.9 Å². The zero-order valence-electron chi connectivity index (χ0n) is 15.6. The van der Waals surface area contributed by atoms with Gasteiger partial charge in [-0.15, -0.1) is 0 Å². The summed E-state index contributed by atoms with van der Waals surface area (Å²) in [6, 6.07) is 11.3. The summed E-state index contributed by atoms with van der Waals surface area (Å²) in [7, 11) is 1.57. The van der Waals surface area contributed by atoms with Gasteiger partial charge in [-0.2, -0.15) is 0 Å². The molecule has 2 aromatic carbocycles. The molecule has 0 atom stereocenters. The summed E-state index contributed by atoms with van der Waals surface area (Å²) in [5.74, 6) is 1.02. The van der Waals surface area contributed by atoms with Crippen LogP contribution < -0.4 is 9.47 Å². The van der Waals surface area contributed by atoms with Crippen LogP contribution in [0.5, 0.6) is 11.5 Å². The van der Waals surface area contributed by atoms with Crippen LogP contribution in [0.4, 0.5) is 0 Å². The van der Waals surface area contributed by atoms with E-state index in [-0.39, 0.29) is 11.8 Å². The lowest BCUT2D eigenvalue weighted by Crippen LogP contribution is -2.07. The standard InChI is InChI=1S/C21H20BrNO4/c1-12(2)26-19-16(22)9-14(11-18(19)25-4)10-17-21(24)27-20(23-17)15-8-6-5-7-13(15)3/h5-12H,1-4H3/b17-10-. The highest BCUT2D eigenvalue weighted by molar-refractivity contribution is 9.10. The topological polar surface area (TPSA) is 57.1 Å². The molecule has 0 radical (unpaired) electrons. The maximum atomic E-state index is 12.3. The van der Waals surface area contributed by atoms with Crippen LogP contribution in [0.3, 0.4) is 0 Å². The molecule has 0 unspecified atom stereocenters. The number of esters is 1. The lowest BCUT2D eigenvalue weighted by molar-refractivity contribution is -0.129. The van der Waals surface area contributed by atoms with Crippen molar-refractivity contribution < 1.29 is 19.0 Å². The molecule has 27 heavy (non-hydrogen) atoms. The monoisotopic (exact) mass is 429 g/mol. The van der Waals surface area contributed by atoms with Gasteiger partial charge in [0.25, 0.3) is 0 Å². The van der Waals surface area contributed by atoms with Crippen molar-refractivity contribution >= 4 is 33.9 Å². The number of hydrogen-bond donors (Lipinski definition) is 0. The van der Waals surface area contributed by atoms with Crippen molar-refractivity contribution in [1.29, 1.82) is 0 Å². The smallest absolute Gasteiger partial charge is 0.363 e. The molecule has 1 aliphatic heterocycles. The molecule has 1 heterocycles. The molecule has 0 saturated heterocycles. The van der Waals surface area contributed by atoms with E-state index in [1.54, 1.807) is 19.3 Å². The minimum absolute atomic E-state index is 0.00508. The van der Waals surface area contributed by atoms with E-state index in [9.17, 15) is 4.79 Å². The van der Waals surface area contributed by atoms with Crippen molar-refractivity contribution in [2.75, 3.05) is 7.11 Å². The fraction of sp³-hybridized carbons (Fsp3) is 0.238. The third-order valence-electron chi connectivity index (χ3n) is 3.90. The van der Waals surface area contributed by atoms with E-state index in [4.69, 9.17) is 14.2 Å². The van der Waals surface area contributed by atoms with E-state index < -0.39 is 5.97 Å². The molecular formula is C21H20BrNO4. The van der Waals surface area contributed by atoms with Gasteiger partial charge in [-0.25, -0.2) is 9.79 Å². The first kappa shape index (κ1) is 19.2. The number of benzene rings is 2. The second-order valence-electron chi connectivity index (χ2n) is 6.35.